The molecule has 0 radical (unpaired) electrons. The second kappa shape index (κ2) is 10.3. The van der Waals surface area contributed by atoms with Crippen molar-refractivity contribution in [1.82, 2.24) is 9.97 Å². The molecule has 36 heavy (non-hydrogen) atoms. The summed E-state index contributed by atoms with van der Waals surface area (Å²) in [4.78, 5) is 9.33. The average Bonchev–Trinajstić information content (AvgIpc) is 3.34. The van der Waals surface area contributed by atoms with E-state index in [0.29, 0.717) is 17.0 Å². The van der Waals surface area contributed by atoms with Crippen LogP contribution in [0.1, 0.15) is 11.1 Å². The molecule has 0 amide bonds. The Labute approximate surface area is 223 Å². The Morgan fingerprint density at radius 1 is 0.722 bits per heavy atom. The first kappa shape index (κ1) is 23.7. The quantitative estimate of drug-likeness (QED) is 0.199. The average molecular weight is 649 g/mol. The zero-order chi connectivity index (χ0) is 23.6. The van der Waals surface area contributed by atoms with Gasteiger partial charge >= 0.3 is 0 Å². The van der Waals surface area contributed by atoms with Crippen molar-refractivity contribution in [1.29, 1.82) is 0 Å². The van der Waals surface area contributed by atoms with Gasteiger partial charge in [0.05, 0.1) is 11.1 Å². The fourth-order valence-electron chi connectivity index (χ4n) is 4.27. The molecule has 0 saturated heterocycles. The maximum atomic E-state index is 10.2. The van der Waals surface area contributed by atoms with Gasteiger partial charge in [0.2, 0.25) is 5.89 Å². The molecule has 5 heteroatoms. The van der Waals surface area contributed by atoms with Crippen LogP contribution < -0.4 is 0 Å². The number of oxazole rings is 1. The number of phenols is 1. The van der Waals surface area contributed by atoms with Crippen LogP contribution in [0.2, 0.25) is 0 Å². The van der Waals surface area contributed by atoms with Crippen LogP contribution in [-0.4, -0.2) is 15.1 Å². The molecule has 0 aliphatic rings. The summed E-state index contributed by atoms with van der Waals surface area (Å²) in [5.41, 5.74) is 8.02. The van der Waals surface area contributed by atoms with Crippen LogP contribution >= 0.6 is 0 Å². The van der Waals surface area contributed by atoms with E-state index in [4.69, 9.17) is 9.40 Å². The third-order valence-corrected chi connectivity index (χ3v) is 5.99. The predicted octanol–water partition coefficient (Wildman–Crippen LogP) is 7.32. The summed E-state index contributed by atoms with van der Waals surface area (Å²) in [6.45, 7) is 0. The number of hydrogen-bond acceptors (Lipinski definition) is 4. The summed E-state index contributed by atoms with van der Waals surface area (Å²) in [7, 11) is 0. The van der Waals surface area contributed by atoms with Gasteiger partial charge in [0.1, 0.15) is 11.3 Å². The number of aromatic hydroxyl groups is 1. The Morgan fingerprint density at radius 2 is 1.47 bits per heavy atom. The molecule has 0 atom stereocenters. The molecule has 0 fully saturated rings. The minimum absolute atomic E-state index is 0. The Balaban J connectivity index is 0.00000267. The largest absolute Gasteiger partial charge is 0.507 e. The summed E-state index contributed by atoms with van der Waals surface area (Å²) in [6, 6.07) is 37.0. The molecular weight excluding hydrogens is 627 g/mol. The van der Waals surface area contributed by atoms with Crippen molar-refractivity contribution in [3.05, 3.63) is 127 Å². The second-order valence-electron chi connectivity index (χ2n) is 8.38. The summed E-state index contributed by atoms with van der Waals surface area (Å²) >= 11 is 0. The zero-order valence-corrected chi connectivity index (χ0v) is 21.4. The van der Waals surface area contributed by atoms with E-state index in [1.54, 1.807) is 18.2 Å². The first-order valence-electron chi connectivity index (χ1n) is 11.4. The molecule has 6 aromatic rings. The van der Waals surface area contributed by atoms with Gasteiger partial charge in [-0.1, -0.05) is 71.8 Å². The van der Waals surface area contributed by atoms with Crippen molar-refractivity contribution >= 4 is 11.1 Å². The number of para-hydroxylation sites is 2. The van der Waals surface area contributed by atoms with Crippen molar-refractivity contribution in [3.63, 3.8) is 0 Å². The van der Waals surface area contributed by atoms with E-state index in [1.807, 2.05) is 54.7 Å². The number of nitrogens with zero attached hydrogens (tertiary/aromatic N) is 2. The fraction of sp³-hybridized carbons (Fsp3) is 0.0323. The molecule has 1 N–H and O–H groups in total. The van der Waals surface area contributed by atoms with Crippen LogP contribution in [0.3, 0.4) is 0 Å². The van der Waals surface area contributed by atoms with Crippen LogP contribution in [0, 0.1) is 6.07 Å². The standard InChI is InChI=1S/C31H21N2O2.Pt/c34-28-14-5-4-12-26(28)31-33-30-25(13-7-15-29(30)35-31)23-10-6-11-24(20-23)27-19-22(16-17-32-27)18-21-8-2-1-3-9-21;/h1-17,19,34H,18H2;/q-1;. The number of hydrogen-bond donors (Lipinski definition) is 1. The monoisotopic (exact) mass is 648 g/mol. The van der Waals surface area contributed by atoms with E-state index < -0.39 is 0 Å². The molecule has 0 unspecified atom stereocenters. The van der Waals surface area contributed by atoms with Crippen LogP contribution in [0.25, 0.3) is 44.9 Å². The van der Waals surface area contributed by atoms with Crippen molar-refractivity contribution in [2.24, 2.45) is 0 Å². The Bertz CT molecular complexity index is 1640. The third kappa shape index (κ3) is 4.73. The Kier molecular flexibility index (Phi) is 6.79. The molecule has 4 nitrogen and oxygen atoms in total. The smallest absolute Gasteiger partial charge is 0.230 e. The molecule has 0 aliphatic heterocycles. The predicted molar refractivity (Wildman–Crippen MR) is 138 cm³/mol. The molecule has 0 aliphatic carbocycles. The second-order valence-corrected chi connectivity index (χ2v) is 8.38. The van der Waals surface area contributed by atoms with Crippen molar-refractivity contribution in [2.75, 3.05) is 0 Å². The third-order valence-electron chi connectivity index (χ3n) is 5.99. The molecular formula is C31H21N2O2Pt-. The number of fused-ring (bicyclic) bond motifs is 1. The number of rotatable bonds is 5. The van der Waals surface area contributed by atoms with Gasteiger partial charge in [-0.25, -0.2) is 4.98 Å². The van der Waals surface area contributed by atoms with Gasteiger partial charge in [0.25, 0.3) is 0 Å². The van der Waals surface area contributed by atoms with Crippen molar-refractivity contribution in [3.8, 4) is 39.6 Å². The first-order chi connectivity index (χ1) is 17.2. The SMILES string of the molecule is Oc1ccccc1-c1nc2c(-c3[c-]c(-c4cc(Cc5ccccc5)ccn4)ccc3)cccc2o1.[Pt]. The van der Waals surface area contributed by atoms with E-state index in [9.17, 15) is 5.11 Å². The van der Waals surface area contributed by atoms with Crippen LogP contribution in [0.4, 0.5) is 0 Å². The summed E-state index contributed by atoms with van der Waals surface area (Å²) in [5, 5.41) is 10.2. The van der Waals surface area contributed by atoms with E-state index in [2.05, 4.69) is 47.4 Å². The molecule has 2 heterocycles. The van der Waals surface area contributed by atoms with Crippen LogP contribution in [0.15, 0.2) is 114 Å². The molecule has 2 aromatic heterocycles. The minimum Gasteiger partial charge on any atom is -0.507 e. The number of pyridine rings is 1. The van der Waals surface area contributed by atoms with Crippen molar-refractivity contribution in [2.45, 2.75) is 6.42 Å². The Hall–Kier alpha value is -4.01. The van der Waals surface area contributed by atoms with Gasteiger partial charge in [-0.05, 0) is 41.8 Å². The zero-order valence-electron chi connectivity index (χ0n) is 19.2. The van der Waals surface area contributed by atoms with Gasteiger partial charge in [0.15, 0.2) is 0 Å². The minimum atomic E-state index is 0. The van der Waals surface area contributed by atoms with Gasteiger partial charge in [-0.15, -0.1) is 29.8 Å². The number of phenolic OH excluding ortho intramolecular Hbond substituents is 1. The molecule has 0 bridgehead atoms. The van der Waals surface area contributed by atoms with Gasteiger partial charge in [0, 0.05) is 33.0 Å². The Morgan fingerprint density at radius 3 is 2.33 bits per heavy atom. The van der Waals surface area contributed by atoms with Gasteiger partial charge in [-0.3, -0.25) is 4.98 Å². The molecule has 0 saturated carbocycles. The number of aromatic nitrogens is 2. The fourth-order valence-corrected chi connectivity index (χ4v) is 4.27. The molecule has 4 aromatic carbocycles. The normalized spacial score (nSPS) is 10.8. The first-order valence-corrected chi connectivity index (χ1v) is 11.4. The summed E-state index contributed by atoms with van der Waals surface area (Å²) in [6.07, 6.45) is 2.70. The summed E-state index contributed by atoms with van der Waals surface area (Å²) in [5.74, 6) is 0.521. The number of benzene rings is 4. The molecule has 0 spiro atoms. The van der Waals surface area contributed by atoms with Crippen LogP contribution in [0.5, 0.6) is 5.75 Å². The van der Waals surface area contributed by atoms with Gasteiger partial charge < -0.3 is 9.52 Å². The van der Waals surface area contributed by atoms with E-state index >= 15 is 0 Å². The maximum Gasteiger partial charge on any atom is 0.230 e. The maximum absolute atomic E-state index is 10.2. The van der Waals surface area contributed by atoms with E-state index in [-0.39, 0.29) is 26.8 Å². The van der Waals surface area contributed by atoms with E-state index in [1.165, 1.54) is 11.1 Å². The van der Waals surface area contributed by atoms with E-state index in [0.717, 1.165) is 34.3 Å². The summed E-state index contributed by atoms with van der Waals surface area (Å²) < 4.78 is 5.99. The topological polar surface area (TPSA) is 59.2 Å². The molecule has 6 rings (SSSR count). The van der Waals surface area contributed by atoms with Crippen LogP contribution in [-0.2, 0) is 27.5 Å². The van der Waals surface area contributed by atoms with Gasteiger partial charge in [-0.2, -0.15) is 0 Å². The molecule has 178 valence electrons. The van der Waals surface area contributed by atoms with Crippen molar-refractivity contribution < 1.29 is 30.6 Å².